The Bertz CT molecular complexity index is 410. The second kappa shape index (κ2) is 7.33. The Hall–Kier alpha value is -0.490. The van der Waals surface area contributed by atoms with Crippen molar-refractivity contribution in [1.82, 2.24) is 5.43 Å². The number of rotatable bonds is 6. The van der Waals surface area contributed by atoms with Gasteiger partial charge in [-0.3, -0.25) is 11.3 Å². The highest BCUT2D eigenvalue weighted by Crippen LogP contribution is 2.25. The van der Waals surface area contributed by atoms with E-state index >= 15 is 0 Å². The van der Waals surface area contributed by atoms with Gasteiger partial charge in [0.25, 0.3) is 0 Å². The number of halogens is 2. The second-order valence-corrected chi connectivity index (χ2v) is 5.81. The van der Waals surface area contributed by atoms with E-state index in [2.05, 4.69) is 21.4 Å². The topological polar surface area (TPSA) is 47.3 Å². The fourth-order valence-electron chi connectivity index (χ4n) is 2.50. The van der Waals surface area contributed by atoms with Crippen molar-refractivity contribution in [3.05, 3.63) is 34.1 Å². The Morgan fingerprint density at radius 2 is 2.37 bits per heavy atom. The van der Waals surface area contributed by atoms with E-state index in [1.807, 2.05) is 0 Å². The summed E-state index contributed by atoms with van der Waals surface area (Å²) in [7, 11) is 0. The van der Waals surface area contributed by atoms with Gasteiger partial charge >= 0.3 is 0 Å². The lowest BCUT2D eigenvalue weighted by molar-refractivity contribution is 0.101. The number of nitrogens with two attached hydrogens (primary N) is 1. The van der Waals surface area contributed by atoms with E-state index < -0.39 is 0 Å². The summed E-state index contributed by atoms with van der Waals surface area (Å²) >= 11 is 3.20. The third-order valence-electron chi connectivity index (χ3n) is 3.59. The van der Waals surface area contributed by atoms with Gasteiger partial charge in [-0.05, 0) is 65.7 Å². The SMILES string of the molecule is NNC(CCCC1CCCO1)c1ccc(F)c(Br)c1. The third-order valence-corrected chi connectivity index (χ3v) is 4.20. The Labute approximate surface area is 121 Å². The Balaban J connectivity index is 1.86. The first-order valence-electron chi connectivity index (χ1n) is 6.73. The van der Waals surface area contributed by atoms with Crippen LogP contribution in [0.3, 0.4) is 0 Å². The first-order chi connectivity index (χ1) is 9.20. The van der Waals surface area contributed by atoms with Crippen molar-refractivity contribution < 1.29 is 9.13 Å². The van der Waals surface area contributed by atoms with Gasteiger partial charge in [0, 0.05) is 12.6 Å². The van der Waals surface area contributed by atoms with Crippen molar-refractivity contribution in [2.24, 2.45) is 5.84 Å². The van der Waals surface area contributed by atoms with E-state index in [0.29, 0.717) is 10.6 Å². The van der Waals surface area contributed by atoms with Crippen LogP contribution in [0.1, 0.15) is 43.7 Å². The summed E-state index contributed by atoms with van der Waals surface area (Å²) in [6.07, 6.45) is 5.80. The molecule has 5 heteroatoms. The molecule has 1 aliphatic heterocycles. The molecule has 1 aromatic rings. The highest BCUT2D eigenvalue weighted by molar-refractivity contribution is 9.10. The Kier molecular flexibility index (Phi) is 5.76. The predicted molar refractivity (Wildman–Crippen MR) is 77.0 cm³/mol. The van der Waals surface area contributed by atoms with Gasteiger partial charge in [0.15, 0.2) is 0 Å². The molecule has 2 rings (SSSR count). The maximum absolute atomic E-state index is 13.2. The normalized spacial score (nSPS) is 20.7. The van der Waals surface area contributed by atoms with Gasteiger partial charge in [-0.2, -0.15) is 0 Å². The molecule has 0 bridgehead atoms. The highest BCUT2D eigenvalue weighted by atomic mass is 79.9. The molecule has 0 radical (unpaired) electrons. The molecule has 1 aliphatic rings. The van der Waals surface area contributed by atoms with Gasteiger partial charge in [-0.15, -0.1) is 0 Å². The molecule has 106 valence electrons. The minimum atomic E-state index is -0.251. The summed E-state index contributed by atoms with van der Waals surface area (Å²) in [5.41, 5.74) is 3.81. The summed E-state index contributed by atoms with van der Waals surface area (Å²) in [6, 6.07) is 5.07. The molecule has 0 spiro atoms. The summed E-state index contributed by atoms with van der Waals surface area (Å²) in [5.74, 6) is 5.35. The van der Waals surface area contributed by atoms with Gasteiger partial charge in [-0.1, -0.05) is 6.07 Å². The zero-order chi connectivity index (χ0) is 13.7. The molecule has 1 saturated heterocycles. The van der Waals surface area contributed by atoms with Gasteiger partial charge in [0.2, 0.25) is 0 Å². The quantitative estimate of drug-likeness (QED) is 0.620. The zero-order valence-corrected chi connectivity index (χ0v) is 12.5. The van der Waals surface area contributed by atoms with Crippen molar-refractivity contribution in [3.63, 3.8) is 0 Å². The minimum absolute atomic E-state index is 0.0540. The van der Waals surface area contributed by atoms with Crippen LogP contribution in [0.5, 0.6) is 0 Å². The van der Waals surface area contributed by atoms with E-state index in [-0.39, 0.29) is 11.9 Å². The van der Waals surface area contributed by atoms with E-state index in [9.17, 15) is 4.39 Å². The molecule has 2 unspecified atom stereocenters. The Morgan fingerprint density at radius 1 is 1.53 bits per heavy atom. The number of ether oxygens (including phenoxy) is 1. The smallest absolute Gasteiger partial charge is 0.137 e. The fraction of sp³-hybridized carbons (Fsp3) is 0.571. The Morgan fingerprint density at radius 3 is 3.00 bits per heavy atom. The average molecular weight is 331 g/mol. The number of hydrogen-bond acceptors (Lipinski definition) is 3. The predicted octanol–water partition coefficient (Wildman–Crippen LogP) is 3.44. The lowest BCUT2D eigenvalue weighted by atomic mass is 10.00. The first kappa shape index (κ1) is 14.9. The van der Waals surface area contributed by atoms with Crippen LogP contribution in [0.25, 0.3) is 0 Å². The van der Waals surface area contributed by atoms with Crippen LogP contribution in [-0.4, -0.2) is 12.7 Å². The minimum Gasteiger partial charge on any atom is -0.378 e. The van der Waals surface area contributed by atoms with Crippen molar-refractivity contribution in [1.29, 1.82) is 0 Å². The molecular formula is C14H20BrFN2O. The molecule has 1 aromatic carbocycles. The zero-order valence-electron chi connectivity index (χ0n) is 10.9. The van der Waals surface area contributed by atoms with E-state index in [1.165, 1.54) is 18.9 Å². The van der Waals surface area contributed by atoms with Crippen molar-refractivity contribution in [2.45, 2.75) is 44.2 Å². The largest absolute Gasteiger partial charge is 0.378 e. The molecule has 0 aliphatic carbocycles. The van der Waals surface area contributed by atoms with E-state index in [0.717, 1.165) is 31.4 Å². The molecule has 1 fully saturated rings. The molecule has 1 heterocycles. The summed E-state index contributed by atoms with van der Waals surface area (Å²) in [5, 5.41) is 0. The monoisotopic (exact) mass is 330 g/mol. The van der Waals surface area contributed by atoms with Crippen molar-refractivity contribution >= 4 is 15.9 Å². The van der Waals surface area contributed by atoms with Gasteiger partial charge < -0.3 is 4.74 Å². The van der Waals surface area contributed by atoms with Crippen LogP contribution in [0.15, 0.2) is 22.7 Å². The molecule has 0 saturated carbocycles. The van der Waals surface area contributed by atoms with Crippen LogP contribution in [0.2, 0.25) is 0 Å². The molecule has 0 aromatic heterocycles. The van der Waals surface area contributed by atoms with Gasteiger partial charge in [0.1, 0.15) is 5.82 Å². The average Bonchev–Trinajstić information content (AvgIpc) is 2.91. The third kappa shape index (κ3) is 4.24. The molecule has 19 heavy (non-hydrogen) atoms. The van der Waals surface area contributed by atoms with Crippen molar-refractivity contribution in [2.75, 3.05) is 6.61 Å². The fourth-order valence-corrected chi connectivity index (χ4v) is 2.89. The van der Waals surface area contributed by atoms with Crippen LogP contribution < -0.4 is 11.3 Å². The molecular weight excluding hydrogens is 311 g/mol. The maximum atomic E-state index is 13.2. The number of hydrogen-bond donors (Lipinski definition) is 2. The van der Waals surface area contributed by atoms with E-state index in [1.54, 1.807) is 12.1 Å². The second-order valence-electron chi connectivity index (χ2n) is 4.96. The lowest BCUT2D eigenvalue weighted by Gasteiger charge is -2.18. The van der Waals surface area contributed by atoms with Gasteiger partial charge in [-0.25, -0.2) is 4.39 Å². The molecule has 2 atom stereocenters. The van der Waals surface area contributed by atoms with Crippen LogP contribution >= 0.6 is 15.9 Å². The summed E-state index contributed by atoms with van der Waals surface area (Å²) in [6.45, 7) is 0.897. The number of benzene rings is 1. The molecule has 0 amide bonds. The van der Waals surface area contributed by atoms with Crippen LogP contribution in [0.4, 0.5) is 4.39 Å². The molecule has 3 nitrogen and oxygen atoms in total. The van der Waals surface area contributed by atoms with Crippen LogP contribution in [0, 0.1) is 5.82 Å². The highest BCUT2D eigenvalue weighted by Gasteiger charge is 2.17. The molecule has 3 N–H and O–H groups in total. The summed E-state index contributed by atoms with van der Waals surface area (Å²) < 4.78 is 19.3. The van der Waals surface area contributed by atoms with Crippen LogP contribution in [-0.2, 0) is 4.74 Å². The number of nitrogens with one attached hydrogen (secondary N) is 1. The standard InChI is InChI=1S/C14H20BrFN2O/c15-12-9-10(6-7-13(12)16)14(18-17)5-1-3-11-4-2-8-19-11/h6-7,9,11,14,18H,1-5,8,17H2. The lowest BCUT2D eigenvalue weighted by Crippen LogP contribution is -2.28. The first-order valence-corrected chi connectivity index (χ1v) is 7.52. The number of hydrazine groups is 1. The van der Waals surface area contributed by atoms with Crippen molar-refractivity contribution in [3.8, 4) is 0 Å². The summed E-state index contributed by atoms with van der Waals surface area (Å²) in [4.78, 5) is 0. The van der Waals surface area contributed by atoms with Gasteiger partial charge in [0.05, 0.1) is 10.6 Å². The van der Waals surface area contributed by atoms with E-state index in [4.69, 9.17) is 10.6 Å². The maximum Gasteiger partial charge on any atom is 0.137 e.